The molecule has 0 saturated carbocycles. The predicted molar refractivity (Wildman–Crippen MR) is 69.9 cm³/mol. The van der Waals surface area contributed by atoms with Gasteiger partial charge in [0.1, 0.15) is 0 Å². The number of aromatic nitrogens is 2. The number of rotatable bonds is 2. The second-order valence-corrected chi connectivity index (χ2v) is 5.42. The van der Waals surface area contributed by atoms with E-state index >= 15 is 0 Å². The van der Waals surface area contributed by atoms with Crippen molar-refractivity contribution in [2.24, 2.45) is 13.0 Å². The molecular formula is C13H20N2S. The molecule has 88 valence electrons. The molecule has 0 aromatic carbocycles. The summed E-state index contributed by atoms with van der Waals surface area (Å²) in [6.07, 6.45) is 7.00. The van der Waals surface area contributed by atoms with Crippen LogP contribution in [0.1, 0.15) is 38.8 Å². The molecule has 0 saturated heterocycles. The lowest BCUT2D eigenvalue weighted by molar-refractivity contribution is 0.448. The van der Waals surface area contributed by atoms with Crippen LogP contribution in [0.15, 0.2) is 22.5 Å². The third kappa shape index (κ3) is 2.51. The molecule has 1 aliphatic rings. The molecule has 0 amide bonds. The SMILES string of the molecule is CC1=C(C)CC(Cc2cn(C)c(S)n2)CC1. The molecule has 0 fully saturated rings. The summed E-state index contributed by atoms with van der Waals surface area (Å²) in [4.78, 5) is 4.46. The molecule has 2 rings (SSSR count). The fourth-order valence-electron chi connectivity index (χ4n) is 2.43. The molecule has 3 heteroatoms. The van der Waals surface area contributed by atoms with Gasteiger partial charge in [0.15, 0.2) is 5.16 Å². The zero-order valence-electron chi connectivity index (χ0n) is 10.3. The Morgan fingerprint density at radius 2 is 2.19 bits per heavy atom. The molecular weight excluding hydrogens is 216 g/mol. The summed E-state index contributed by atoms with van der Waals surface area (Å²) in [5.74, 6) is 0.770. The largest absolute Gasteiger partial charge is 0.329 e. The van der Waals surface area contributed by atoms with E-state index in [9.17, 15) is 0 Å². The lowest BCUT2D eigenvalue weighted by Gasteiger charge is -2.23. The molecule has 1 aliphatic carbocycles. The van der Waals surface area contributed by atoms with Crippen molar-refractivity contribution in [1.29, 1.82) is 0 Å². The number of hydrogen-bond donors (Lipinski definition) is 1. The van der Waals surface area contributed by atoms with Crippen LogP contribution in [0.25, 0.3) is 0 Å². The van der Waals surface area contributed by atoms with Gasteiger partial charge in [-0.1, -0.05) is 11.1 Å². The van der Waals surface area contributed by atoms with Crippen LogP contribution in [0, 0.1) is 5.92 Å². The predicted octanol–water partition coefficient (Wildman–Crippen LogP) is 3.39. The van der Waals surface area contributed by atoms with E-state index in [1.54, 1.807) is 11.1 Å². The first kappa shape index (κ1) is 11.8. The number of thiol groups is 1. The Hall–Kier alpha value is -0.700. The van der Waals surface area contributed by atoms with Gasteiger partial charge in [0.05, 0.1) is 5.69 Å². The van der Waals surface area contributed by atoms with Crippen molar-refractivity contribution >= 4 is 12.6 Å². The highest BCUT2D eigenvalue weighted by Gasteiger charge is 2.18. The van der Waals surface area contributed by atoms with E-state index in [1.807, 2.05) is 11.6 Å². The number of hydrogen-bond acceptors (Lipinski definition) is 2. The fourth-order valence-corrected chi connectivity index (χ4v) is 2.62. The molecule has 16 heavy (non-hydrogen) atoms. The second-order valence-electron chi connectivity index (χ2n) is 5.02. The van der Waals surface area contributed by atoms with E-state index in [4.69, 9.17) is 0 Å². The maximum Gasteiger partial charge on any atom is 0.164 e. The normalized spacial score (nSPS) is 21.6. The molecule has 1 aromatic rings. The standard InChI is InChI=1S/C13H20N2S/c1-9-4-5-11(6-10(9)2)7-12-8-15(3)13(16)14-12/h8,11H,4-7H2,1-3H3,(H,14,16). The molecule has 1 aromatic heterocycles. The van der Waals surface area contributed by atoms with Gasteiger partial charge >= 0.3 is 0 Å². The molecule has 0 aliphatic heterocycles. The summed E-state index contributed by atoms with van der Waals surface area (Å²) >= 11 is 4.31. The van der Waals surface area contributed by atoms with Gasteiger partial charge in [0.25, 0.3) is 0 Å². The summed E-state index contributed by atoms with van der Waals surface area (Å²) in [6.45, 7) is 4.53. The smallest absolute Gasteiger partial charge is 0.164 e. The molecule has 0 N–H and O–H groups in total. The van der Waals surface area contributed by atoms with Gasteiger partial charge in [-0.2, -0.15) is 0 Å². The number of aryl methyl sites for hydroxylation is 1. The van der Waals surface area contributed by atoms with E-state index < -0.39 is 0 Å². The minimum absolute atomic E-state index is 0.770. The van der Waals surface area contributed by atoms with Crippen molar-refractivity contribution in [2.75, 3.05) is 0 Å². The van der Waals surface area contributed by atoms with Crippen LogP contribution in [-0.4, -0.2) is 9.55 Å². The third-order valence-electron chi connectivity index (χ3n) is 3.65. The minimum atomic E-state index is 0.770. The van der Waals surface area contributed by atoms with E-state index in [2.05, 4.69) is 37.7 Å². The molecule has 2 nitrogen and oxygen atoms in total. The highest BCUT2D eigenvalue weighted by atomic mass is 32.1. The Bertz CT molecular complexity index is 398. The first-order valence-corrected chi connectivity index (χ1v) is 6.37. The summed E-state index contributed by atoms with van der Waals surface area (Å²) in [6, 6.07) is 0. The van der Waals surface area contributed by atoms with E-state index in [-0.39, 0.29) is 0 Å². The third-order valence-corrected chi connectivity index (χ3v) is 4.07. The molecule has 1 heterocycles. The molecule has 0 spiro atoms. The Labute approximate surface area is 103 Å². The zero-order chi connectivity index (χ0) is 11.7. The maximum atomic E-state index is 4.46. The van der Waals surface area contributed by atoms with Gasteiger partial charge < -0.3 is 4.57 Å². The first-order valence-electron chi connectivity index (χ1n) is 5.92. The van der Waals surface area contributed by atoms with E-state index in [0.717, 1.165) is 17.5 Å². The zero-order valence-corrected chi connectivity index (χ0v) is 11.2. The van der Waals surface area contributed by atoms with Crippen LogP contribution in [0.4, 0.5) is 0 Å². The Kier molecular flexibility index (Phi) is 3.43. The molecule has 0 bridgehead atoms. The lowest BCUT2D eigenvalue weighted by atomic mass is 9.83. The van der Waals surface area contributed by atoms with Gasteiger partial charge in [-0.15, -0.1) is 12.6 Å². The molecule has 1 atom stereocenters. The number of nitrogens with zero attached hydrogens (tertiary/aromatic N) is 2. The topological polar surface area (TPSA) is 17.8 Å². The van der Waals surface area contributed by atoms with Crippen LogP contribution >= 0.6 is 12.6 Å². The Morgan fingerprint density at radius 3 is 2.75 bits per heavy atom. The van der Waals surface area contributed by atoms with Crippen molar-refractivity contribution in [3.05, 3.63) is 23.0 Å². The van der Waals surface area contributed by atoms with Crippen LogP contribution in [0.3, 0.4) is 0 Å². The summed E-state index contributed by atoms with van der Waals surface area (Å²) in [7, 11) is 2.00. The van der Waals surface area contributed by atoms with Crippen molar-refractivity contribution in [2.45, 2.75) is 44.7 Å². The van der Waals surface area contributed by atoms with E-state index in [0.29, 0.717) is 0 Å². The van der Waals surface area contributed by atoms with Gasteiger partial charge in [0, 0.05) is 13.2 Å². The first-order chi connectivity index (χ1) is 7.56. The van der Waals surface area contributed by atoms with Crippen LogP contribution in [0.5, 0.6) is 0 Å². The van der Waals surface area contributed by atoms with Gasteiger partial charge in [-0.25, -0.2) is 4.98 Å². The summed E-state index contributed by atoms with van der Waals surface area (Å²) < 4.78 is 1.98. The number of imidazole rings is 1. The van der Waals surface area contributed by atoms with Gasteiger partial charge in [-0.05, 0) is 45.4 Å². The average molecular weight is 236 g/mol. The van der Waals surface area contributed by atoms with Crippen molar-refractivity contribution in [3.8, 4) is 0 Å². The Balaban J connectivity index is 2.01. The molecule has 1 unspecified atom stereocenters. The Morgan fingerprint density at radius 1 is 1.44 bits per heavy atom. The fraction of sp³-hybridized carbons (Fsp3) is 0.615. The summed E-state index contributed by atoms with van der Waals surface area (Å²) in [5.41, 5.74) is 4.36. The monoisotopic (exact) mass is 236 g/mol. The van der Waals surface area contributed by atoms with Crippen LogP contribution < -0.4 is 0 Å². The van der Waals surface area contributed by atoms with Crippen LogP contribution in [0.2, 0.25) is 0 Å². The lowest BCUT2D eigenvalue weighted by Crippen LogP contribution is -2.11. The van der Waals surface area contributed by atoms with Gasteiger partial charge in [-0.3, -0.25) is 0 Å². The summed E-state index contributed by atoms with van der Waals surface area (Å²) in [5, 5.41) is 0.814. The van der Waals surface area contributed by atoms with Crippen molar-refractivity contribution in [3.63, 3.8) is 0 Å². The second kappa shape index (κ2) is 4.66. The highest BCUT2D eigenvalue weighted by molar-refractivity contribution is 7.80. The minimum Gasteiger partial charge on any atom is -0.329 e. The van der Waals surface area contributed by atoms with Crippen molar-refractivity contribution < 1.29 is 0 Å². The van der Waals surface area contributed by atoms with Crippen molar-refractivity contribution in [1.82, 2.24) is 9.55 Å². The maximum absolute atomic E-state index is 4.46. The quantitative estimate of drug-likeness (QED) is 0.615. The average Bonchev–Trinajstić information content (AvgIpc) is 2.52. The van der Waals surface area contributed by atoms with Crippen LogP contribution in [-0.2, 0) is 13.5 Å². The van der Waals surface area contributed by atoms with E-state index in [1.165, 1.54) is 25.0 Å². The molecule has 0 radical (unpaired) electrons. The van der Waals surface area contributed by atoms with Gasteiger partial charge in [0.2, 0.25) is 0 Å². The number of allylic oxidation sites excluding steroid dienone is 2. The highest BCUT2D eigenvalue weighted by Crippen LogP contribution is 2.30.